The van der Waals surface area contributed by atoms with Crippen LogP contribution in [0.3, 0.4) is 0 Å². The topological polar surface area (TPSA) is 45.8 Å². The summed E-state index contributed by atoms with van der Waals surface area (Å²) in [7, 11) is 0. The monoisotopic (exact) mass is 156 g/mol. The van der Waals surface area contributed by atoms with Crippen LogP contribution in [0, 0.1) is 6.92 Å². The summed E-state index contributed by atoms with van der Waals surface area (Å²) in [6, 6.07) is 0. The fourth-order valence-corrected chi connectivity index (χ4v) is 1.16. The van der Waals surface area contributed by atoms with Crippen LogP contribution in [0.1, 0.15) is 5.69 Å². The summed E-state index contributed by atoms with van der Waals surface area (Å²) in [6.07, 6.45) is 2.61. The van der Waals surface area contributed by atoms with Crippen LogP contribution in [0.5, 0.6) is 0 Å². The van der Waals surface area contributed by atoms with Gasteiger partial charge in [0.25, 0.3) is 0 Å². The zero-order valence-electron chi connectivity index (χ0n) is 5.63. The number of carbonyl (C=O) groups excluding carboxylic acids is 1. The number of thioether (sulfide) groups is 1. The highest BCUT2D eigenvalue weighted by atomic mass is 32.2. The van der Waals surface area contributed by atoms with Crippen molar-refractivity contribution in [3.05, 3.63) is 11.9 Å². The first-order valence-electron chi connectivity index (χ1n) is 2.91. The van der Waals surface area contributed by atoms with Crippen LogP contribution in [0.4, 0.5) is 0 Å². The maximum Gasteiger partial charge on any atom is 0.165 e. The molecule has 1 rings (SSSR count). The average molecular weight is 156 g/mol. The van der Waals surface area contributed by atoms with Crippen molar-refractivity contribution >= 4 is 18.0 Å². The van der Waals surface area contributed by atoms with E-state index in [4.69, 9.17) is 0 Å². The van der Waals surface area contributed by atoms with Gasteiger partial charge in [0.1, 0.15) is 6.29 Å². The summed E-state index contributed by atoms with van der Waals surface area (Å²) < 4.78 is 0. The number of aldehydes is 1. The molecule has 0 aromatic carbocycles. The Labute approximate surface area is 63.2 Å². The minimum atomic E-state index is 0.465. The van der Waals surface area contributed by atoms with Gasteiger partial charge in [0, 0.05) is 11.9 Å². The fraction of sp³-hybridized carbons (Fsp3) is 0.333. The Morgan fingerprint density at radius 1 is 1.90 bits per heavy atom. The number of carbonyl (C=O) groups is 1. The second-order valence-corrected chi connectivity index (χ2v) is 2.86. The van der Waals surface area contributed by atoms with Gasteiger partial charge in [-0.2, -0.15) is 0 Å². The lowest BCUT2D eigenvalue weighted by molar-refractivity contribution is -0.105. The standard InChI is InChI=1S/C6H8N2OS/c1-5-4-7-6(8-5)10-3-2-9/h2,4H,3H2,1H3,(H,7,8). The highest BCUT2D eigenvalue weighted by molar-refractivity contribution is 7.99. The SMILES string of the molecule is Cc1cnc(SCC=O)[nH]1. The van der Waals surface area contributed by atoms with Crippen molar-refractivity contribution in [2.75, 3.05) is 5.75 Å². The van der Waals surface area contributed by atoms with Crippen LogP contribution in [0.15, 0.2) is 11.4 Å². The first-order chi connectivity index (χ1) is 4.83. The lowest BCUT2D eigenvalue weighted by Crippen LogP contribution is -1.80. The largest absolute Gasteiger partial charge is 0.337 e. The first kappa shape index (κ1) is 7.34. The number of hydrogen-bond donors (Lipinski definition) is 1. The fourth-order valence-electron chi connectivity index (χ4n) is 0.575. The van der Waals surface area contributed by atoms with Crippen molar-refractivity contribution in [2.24, 2.45) is 0 Å². The van der Waals surface area contributed by atoms with Crippen molar-refractivity contribution in [3.63, 3.8) is 0 Å². The number of H-pyrrole nitrogens is 1. The molecule has 0 saturated heterocycles. The van der Waals surface area contributed by atoms with Gasteiger partial charge in [0.2, 0.25) is 0 Å². The van der Waals surface area contributed by atoms with E-state index in [9.17, 15) is 4.79 Å². The van der Waals surface area contributed by atoms with Gasteiger partial charge >= 0.3 is 0 Å². The molecule has 10 heavy (non-hydrogen) atoms. The van der Waals surface area contributed by atoms with E-state index in [0.717, 1.165) is 17.1 Å². The van der Waals surface area contributed by atoms with Crippen LogP contribution in [0.2, 0.25) is 0 Å². The summed E-state index contributed by atoms with van der Waals surface area (Å²) in [4.78, 5) is 16.9. The summed E-state index contributed by atoms with van der Waals surface area (Å²) >= 11 is 1.41. The van der Waals surface area contributed by atoms with E-state index in [1.54, 1.807) is 6.20 Å². The van der Waals surface area contributed by atoms with E-state index >= 15 is 0 Å². The molecule has 4 heteroatoms. The Bertz CT molecular complexity index is 221. The molecule has 0 aliphatic carbocycles. The highest BCUT2D eigenvalue weighted by Crippen LogP contribution is 2.10. The average Bonchev–Trinajstić information content (AvgIpc) is 2.31. The van der Waals surface area contributed by atoms with Gasteiger partial charge in [-0.1, -0.05) is 11.8 Å². The maximum atomic E-state index is 9.92. The van der Waals surface area contributed by atoms with E-state index in [-0.39, 0.29) is 0 Å². The number of nitrogens with one attached hydrogen (secondary N) is 1. The summed E-state index contributed by atoms with van der Waals surface area (Å²) in [5.41, 5.74) is 1.02. The zero-order chi connectivity index (χ0) is 7.40. The van der Waals surface area contributed by atoms with Crippen molar-refractivity contribution in [1.82, 2.24) is 9.97 Å². The first-order valence-corrected chi connectivity index (χ1v) is 3.89. The third-order valence-electron chi connectivity index (χ3n) is 0.968. The predicted molar refractivity (Wildman–Crippen MR) is 40.1 cm³/mol. The Hall–Kier alpha value is -0.770. The lowest BCUT2D eigenvalue weighted by atomic mass is 10.6. The van der Waals surface area contributed by atoms with Crippen molar-refractivity contribution < 1.29 is 4.79 Å². The minimum absolute atomic E-state index is 0.465. The van der Waals surface area contributed by atoms with Crippen LogP contribution in [0.25, 0.3) is 0 Å². The van der Waals surface area contributed by atoms with Gasteiger partial charge in [-0.25, -0.2) is 4.98 Å². The molecule has 54 valence electrons. The number of aromatic amines is 1. The Kier molecular flexibility index (Phi) is 2.50. The summed E-state index contributed by atoms with van der Waals surface area (Å²) in [5.74, 6) is 0.465. The van der Waals surface area contributed by atoms with Gasteiger partial charge < -0.3 is 9.78 Å². The molecule has 1 aromatic heterocycles. The molecule has 3 nitrogen and oxygen atoms in total. The van der Waals surface area contributed by atoms with Crippen molar-refractivity contribution in [3.8, 4) is 0 Å². The molecular weight excluding hydrogens is 148 g/mol. The van der Waals surface area contributed by atoms with E-state index < -0.39 is 0 Å². The Morgan fingerprint density at radius 3 is 3.20 bits per heavy atom. The van der Waals surface area contributed by atoms with Crippen molar-refractivity contribution in [1.29, 1.82) is 0 Å². The van der Waals surface area contributed by atoms with Gasteiger partial charge in [0.05, 0.1) is 5.75 Å². The molecule has 0 aliphatic rings. The molecule has 1 heterocycles. The van der Waals surface area contributed by atoms with Gasteiger partial charge in [0.15, 0.2) is 5.16 Å². The van der Waals surface area contributed by atoms with E-state index in [2.05, 4.69) is 9.97 Å². The summed E-state index contributed by atoms with van der Waals surface area (Å²) in [6.45, 7) is 1.93. The number of aromatic nitrogens is 2. The normalized spacial score (nSPS) is 9.70. The van der Waals surface area contributed by atoms with Gasteiger partial charge in [-0.15, -0.1) is 0 Å². The third-order valence-corrected chi connectivity index (χ3v) is 1.75. The molecule has 1 N–H and O–H groups in total. The quantitative estimate of drug-likeness (QED) is 0.524. The molecule has 0 aliphatic heterocycles. The molecule has 0 radical (unpaired) electrons. The lowest BCUT2D eigenvalue weighted by Gasteiger charge is -1.86. The third kappa shape index (κ3) is 1.88. The van der Waals surface area contributed by atoms with Gasteiger partial charge in [-0.3, -0.25) is 0 Å². The molecule has 0 unspecified atom stereocenters. The second kappa shape index (κ2) is 3.41. The molecule has 0 saturated carbocycles. The predicted octanol–water partition coefficient (Wildman–Crippen LogP) is 1.01. The Morgan fingerprint density at radius 2 is 2.70 bits per heavy atom. The van der Waals surface area contributed by atoms with Crippen LogP contribution >= 0.6 is 11.8 Å². The molecule has 0 amide bonds. The molecule has 1 aromatic rings. The molecule has 0 fully saturated rings. The van der Waals surface area contributed by atoms with Gasteiger partial charge in [-0.05, 0) is 6.92 Å². The minimum Gasteiger partial charge on any atom is -0.337 e. The summed E-state index contributed by atoms with van der Waals surface area (Å²) in [5, 5.41) is 0.810. The number of hydrogen-bond acceptors (Lipinski definition) is 3. The Balaban J connectivity index is 2.49. The molecule has 0 atom stereocenters. The molecular formula is C6H8N2OS. The number of aryl methyl sites for hydroxylation is 1. The zero-order valence-corrected chi connectivity index (χ0v) is 6.44. The van der Waals surface area contributed by atoms with E-state index in [1.807, 2.05) is 6.92 Å². The van der Waals surface area contributed by atoms with E-state index in [1.165, 1.54) is 11.8 Å². The van der Waals surface area contributed by atoms with Crippen molar-refractivity contribution in [2.45, 2.75) is 12.1 Å². The molecule has 0 bridgehead atoms. The number of nitrogens with zero attached hydrogens (tertiary/aromatic N) is 1. The van der Waals surface area contributed by atoms with Crippen LogP contribution < -0.4 is 0 Å². The maximum absolute atomic E-state index is 9.92. The second-order valence-electron chi connectivity index (χ2n) is 1.85. The van der Waals surface area contributed by atoms with Crippen LogP contribution in [-0.2, 0) is 4.79 Å². The molecule has 0 spiro atoms. The number of rotatable bonds is 3. The van der Waals surface area contributed by atoms with E-state index in [0.29, 0.717) is 5.75 Å². The highest BCUT2D eigenvalue weighted by Gasteiger charge is 1.95. The van der Waals surface area contributed by atoms with Crippen LogP contribution in [-0.4, -0.2) is 22.0 Å². The smallest absolute Gasteiger partial charge is 0.165 e. The number of imidazole rings is 1.